The zero-order valence-electron chi connectivity index (χ0n) is 19.7. The van der Waals surface area contributed by atoms with Crippen molar-refractivity contribution in [2.24, 2.45) is 0 Å². The molecule has 4 rings (SSSR count). The number of aliphatic hydroxyl groups excluding tert-OH is 1. The summed E-state index contributed by atoms with van der Waals surface area (Å²) in [6.07, 6.45) is 1.56. The Bertz CT molecular complexity index is 1260. The molecular formula is C29H27NO5. The van der Waals surface area contributed by atoms with Crippen molar-refractivity contribution in [3.8, 4) is 0 Å². The number of amides is 1. The van der Waals surface area contributed by atoms with E-state index in [1.165, 1.54) is 4.90 Å². The van der Waals surface area contributed by atoms with E-state index in [1.54, 1.807) is 36.4 Å². The number of ether oxygens (including phenoxy) is 1. The molecule has 0 bridgehead atoms. The van der Waals surface area contributed by atoms with Crippen LogP contribution in [0.25, 0.3) is 5.76 Å². The molecule has 35 heavy (non-hydrogen) atoms. The zero-order valence-corrected chi connectivity index (χ0v) is 19.7. The van der Waals surface area contributed by atoms with Crippen molar-refractivity contribution in [2.75, 3.05) is 11.5 Å². The average Bonchev–Trinajstić information content (AvgIpc) is 3.17. The maximum atomic E-state index is 13.2. The van der Waals surface area contributed by atoms with Gasteiger partial charge in [0.05, 0.1) is 23.8 Å². The molecule has 1 unspecified atom stereocenters. The van der Waals surface area contributed by atoms with E-state index in [0.29, 0.717) is 35.4 Å². The standard InChI is InChI=1S/C29H27NO5/c1-3-18-35-29(34)22-14-16-23(17-15-22)30-25(20-8-6-5-7-9-20)24(27(32)28(30)33)26(31)21-12-10-19(4-2)11-13-21/h5-17,25,31H,3-4,18H2,1-2H3/b26-24+. The maximum Gasteiger partial charge on any atom is 0.338 e. The van der Waals surface area contributed by atoms with Gasteiger partial charge in [-0.05, 0) is 48.2 Å². The van der Waals surface area contributed by atoms with Gasteiger partial charge in [0.1, 0.15) is 5.76 Å². The summed E-state index contributed by atoms with van der Waals surface area (Å²) < 4.78 is 5.17. The molecule has 0 saturated carbocycles. The quantitative estimate of drug-likeness (QED) is 0.216. The number of Topliss-reactive ketones (excluding diaryl/α,β-unsaturated/α-hetero) is 1. The van der Waals surface area contributed by atoms with E-state index in [-0.39, 0.29) is 11.3 Å². The van der Waals surface area contributed by atoms with E-state index in [4.69, 9.17) is 4.74 Å². The lowest BCUT2D eigenvalue weighted by molar-refractivity contribution is -0.132. The molecule has 1 fully saturated rings. The Labute approximate surface area is 204 Å². The van der Waals surface area contributed by atoms with Gasteiger partial charge in [-0.1, -0.05) is 68.4 Å². The van der Waals surface area contributed by atoms with Crippen LogP contribution >= 0.6 is 0 Å². The molecule has 3 aromatic rings. The summed E-state index contributed by atoms with van der Waals surface area (Å²) in [5, 5.41) is 11.2. The highest BCUT2D eigenvalue weighted by atomic mass is 16.5. The minimum Gasteiger partial charge on any atom is -0.507 e. The third-order valence-corrected chi connectivity index (χ3v) is 6.01. The van der Waals surface area contributed by atoms with Crippen molar-refractivity contribution < 1.29 is 24.2 Å². The van der Waals surface area contributed by atoms with Crippen molar-refractivity contribution in [2.45, 2.75) is 32.7 Å². The van der Waals surface area contributed by atoms with Crippen LogP contribution in [0, 0.1) is 0 Å². The Hall–Kier alpha value is -4.19. The Morgan fingerprint density at radius 3 is 2.11 bits per heavy atom. The molecule has 0 spiro atoms. The second-order valence-electron chi connectivity index (χ2n) is 8.31. The normalized spacial score (nSPS) is 17.0. The number of benzene rings is 3. The van der Waals surface area contributed by atoms with Gasteiger partial charge in [0, 0.05) is 11.3 Å². The number of carbonyl (C=O) groups is 3. The second kappa shape index (κ2) is 10.4. The maximum absolute atomic E-state index is 13.2. The predicted octanol–water partition coefficient (Wildman–Crippen LogP) is 5.44. The Morgan fingerprint density at radius 2 is 1.51 bits per heavy atom. The SMILES string of the molecule is CCCOC(=O)c1ccc(N2C(=O)C(=O)/C(=C(/O)c3ccc(CC)cc3)C2c2ccccc2)cc1. The first kappa shape index (κ1) is 24.0. The highest BCUT2D eigenvalue weighted by molar-refractivity contribution is 6.51. The van der Waals surface area contributed by atoms with E-state index in [0.717, 1.165) is 12.0 Å². The molecule has 178 valence electrons. The summed E-state index contributed by atoms with van der Waals surface area (Å²) in [5.74, 6) is -2.17. The molecule has 0 aromatic heterocycles. The topological polar surface area (TPSA) is 83.9 Å². The summed E-state index contributed by atoms with van der Waals surface area (Å²) in [5.41, 5.74) is 3.07. The fraction of sp³-hybridized carbons (Fsp3) is 0.207. The van der Waals surface area contributed by atoms with E-state index >= 15 is 0 Å². The molecule has 1 aliphatic rings. The average molecular weight is 470 g/mol. The third-order valence-electron chi connectivity index (χ3n) is 6.01. The smallest absolute Gasteiger partial charge is 0.338 e. The highest BCUT2D eigenvalue weighted by Crippen LogP contribution is 2.42. The van der Waals surface area contributed by atoms with E-state index in [2.05, 4.69) is 0 Å². The minimum atomic E-state index is -0.819. The first-order valence-electron chi connectivity index (χ1n) is 11.7. The van der Waals surface area contributed by atoms with E-state index in [1.807, 2.05) is 56.3 Å². The molecule has 0 aliphatic carbocycles. The molecule has 6 heteroatoms. The number of hydrogen-bond donors (Lipinski definition) is 1. The van der Waals surface area contributed by atoms with Gasteiger partial charge in [0.2, 0.25) is 0 Å². The first-order valence-corrected chi connectivity index (χ1v) is 11.7. The van der Waals surface area contributed by atoms with Crippen LogP contribution in [0.5, 0.6) is 0 Å². The van der Waals surface area contributed by atoms with Crippen molar-refractivity contribution >= 4 is 29.1 Å². The predicted molar refractivity (Wildman–Crippen MR) is 134 cm³/mol. The van der Waals surface area contributed by atoms with Crippen LogP contribution in [0.4, 0.5) is 5.69 Å². The Balaban J connectivity index is 1.79. The summed E-state index contributed by atoms with van der Waals surface area (Å²) in [6, 6.07) is 21.9. The van der Waals surface area contributed by atoms with Gasteiger partial charge < -0.3 is 9.84 Å². The number of esters is 1. The summed E-state index contributed by atoms with van der Waals surface area (Å²) >= 11 is 0. The lowest BCUT2D eigenvalue weighted by Gasteiger charge is -2.25. The third kappa shape index (κ3) is 4.73. The van der Waals surface area contributed by atoms with Gasteiger partial charge in [-0.3, -0.25) is 14.5 Å². The van der Waals surface area contributed by atoms with Crippen molar-refractivity contribution in [1.82, 2.24) is 0 Å². The second-order valence-corrected chi connectivity index (χ2v) is 8.31. The van der Waals surface area contributed by atoms with Crippen LogP contribution in [0.1, 0.15) is 53.4 Å². The molecule has 0 radical (unpaired) electrons. The molecule has 1 saturated heterocycles. The molecule has 1 N–H and O–H groups in total. The Morgan fingerprint density at radius 1 is 0.886 bits per heavy atom. The molecule has 6 nitrogen and oxygen atoms in total. The highest BCUT2D eigenvalue weighted by Gasteiger charge is 2.46. The van der Waals surface area contributed by atoms with Gasteiger partial charge in [-0.25, -0.2) is 4.79 Å². The van der Waals surface area contributed by atoms with Crippen LogP contribution < -0.4 is 4.90 Å². The number of ketones is 1. The van der Waals surface area contributed by atoms with E-state index < -0.39 is 23.7 Å². The van der Waals surface area contributed by atoms with Gasteiger partial charge in [-0.15, -0.1) is 0 Å². The number of carbonyl (C=O) groups excluding carboxylic acids is 3. The fourth-order valence-corrected chi connectivity index (χ4v) is 4.14. The largest absolute Gasteiger partial charge is 0.507 e. The molecule has 1 atom stereocenters. The fourth-order valence-electron chi connectivity index (χ4n) is 4.14. The molecular weight excluding hydrogens is 442 g/mol. The number of rotatable bonds is 7. The van der Waals surface area contributed by atoms with Crippen molar-refractivity contribution in [3.63, 3.8) is 0 Å². The molecule has 3 aromatic carbocycles. The van der Waals surface area contributed by atoms with Crippen LogP contribution in [0.3, 0.4) is 0 Å². The van der Waals surface area contributed by atoms with Crippen molar-refractivity contribution in [1.29, 1.82) is 0 Å². The van der Waals surface area contributed by atoms with Crippen LogP contribution in [0.2, 0.25) is 0 Å². The minimum absolute atomic E-state index is 0.0249. The van der Waals surface area contributed by atoms with Crippen molar-refractivity contribution in [3.05, 3.63) is 107 Å². The number of aryl methyl sites for hydroxylation is 1. The number of nitrogens with zero attached hydrogens (tertiary/aromatic N) is 1. The summed E-state index contributed by atoms with van der Waals surface area (Å²) in [4.78, 5) is 40.0. The number of hydrogen-bond acceptors (Lipinski definition) is 5. The lowest BCUT2D eigenvalue weighted by Crippen LogP contribution is -2.29. The van der Waals surface area contributed by atoms with Gasteiger partial charge in [-0.2, -0.15) is 0 Å². The lowest BCUT2D eigenvalue weighted by atomic mass is 9.94. The van der Waals surface area contributed by atoms with E-state index in [9.17, 15) is 19.5 Å². The first-order chi connectivity index (χ1) is 17.0. The van der Waals surface area contributed by atoms with Gasteiger partial charge >= 0.3 is 5.97 Å². The van der Waals surface area contributed by atoms with Gasteiger partial charge in [0.25, 0.3) is 11.7 Å². The summed E-state index contributed by atoms with van der Waals surface area (Å²) in [7, 11) is 0. The number of anilines is 1. The van der Waals surface area contributed by atoms with Crippen LogP contribution in [-0.2, 0) is 20.7 Å². The molecule has 1 aliphatic heterocycles. The zero-order chi connectivity index (χ0) is 24.9. The monoisotopic (exact) mass is 469 g/mol. The van der Waals surface area contributed by atoms with Gasteiger partial charge in [0.15, 0.2) is 0 Å². The molecule has 1 heterocycles. The van der Waals surface area contributed by atoms with Crippen LogP contribution in [-0.4, -0.2) is 29.4 Å². The number of aliphatic hydroxyl groups is 1. The summed E-state index contributed by atoms with van der Waals surface area (Å²) in [6.45, 7) is 4.27. The molecule has 1 amide bonds. The Kier molecular flexibility index (Phi) is 7.11. The van der Waals surface area contributed by atoms with Crippen LogP contribution in [0.15, 0.2) is 84.4 Å².